The molecular weight excluding hydrogens is 330 g/mol. The topological polar surface area (TPSA) is 96.5 Å². The molecule has 1 aromatic carbocycles. The van der Waals surface area contributed by atoms with Crippen molar-refractivity contribution in [3.8, 4) is 0 Å². The summed E-state index contributed by atoms with van der Waals surface area (Å²) in [4.78, 5) is 2.20. The molecule has 1 aliphatic rings. The van der Waals surface area contributed by atoms with Crippen molar-refractivity contribution in [2.45, 2.75) is 0 Å². The van der Waals surface area contributed by atoms with Gasteiger partial charge in [-0.2, -0.15) is 5.10 Å². The second-order valence-electron chi connectivity index (χ2n) is 5.48. The minimum atomic E-state index is -3.28. The van der Waals surface area contributed by atoms with E-state index in [2.05, 4.69) is 25.1 Å². The average Bonchev–Trinajstić information content (AvgIpc) is 2.56. The summed E-state index contributed by atoms with van der Waals surface area (Å²) >= 11 is 0. The summed E-state index contributed by atoms with van der Waals surface area (Å²) in [6.07, 6.45) is 2.85. The van der Waals surface area contributed by atoms with Crippen LogP contribution in [0.25, 0.3) is 0 Å². The Bertz CT molecular complexity index is 789. The highest BCUT2D eigenvalue weighted by Gasteiger charge is 2.12. The van der Waals surface area contributed by atoms with Crippen LogP contribution in [0.5, 0.6) is 0 Å². The van der Waals surface area contributed by atoms with Gasteiger partial charge in [-0.3, -0.25) is 4.72 Å². The first kappa shape index (κ1) is 16.5. The first-order valence-electron chi connectivity index (χ1n) is 7.50. The lowest BCUT2D eigenvalue weighted by molar-refractivity contribution is 0.122. The summed E-state index contributed by atoms with van der Waals surface area (Å²) in [5.74, 6) is 0.628. The molecule has 1 aromatic heterocycles. The Labute approximate surface area is 140 Å². The third-order valence-corrected chi connectivity index (χ3v) is 4.08. The molecule has 0 amide bonds. The van der Waals surface area contributed by atoms with E-state index in [1.807, 2.05) is 6.07 Å². The van der Waals surface area contributed by atoms with Gasteiger partial charge in [0.15, 0.2) is 5.82 Å². The molecular formula is C15H19N5O3S. The minimum Gasteiger partial charge on any atom is -0.378 e. The quantitative estimate of drug-likeness (QED) is 0.843. The summed E-state index contributed by atoms with van der Waals surface area (Å²) in [6, 6.07) is 8.85. The van der Waals surface area contributed by atoms with Crippen LogP contribution in [0.1, 0.15) is 0 Å². The van der Waals surface area contributed by atoms with Gasteiger partial charge in [-0.15, -0.1) is 5.10 Å². The first-order chi connectivity index (χ1) is 11.5. The molecule has 0 unspecified atom stereocenters. The van der Waals surface area contributed by atoms with Crippen molar-refractivity contribution < 1.29 is 13.2 Å². The van der Waals surface area contributed by atoms with E-state index in [0.717, 1.165) is 30.7 Å². The van der Waals surface area contributed by atoms with Gasteiger partial charge in [-0.25, -0.2) is 8.42 Å². The lowest BCUT2D eigenvalue weighted by Crippen LogP contribution is -2.36. The molecule has 24 heavy (non-hydrogen) atoms. The standard InChI is InChI=1S/C15H19N5O3S/c1-24(21,22)19-13-4-2-12(3-5-13)17-15-10-14(11-16-18-15)20-6-8-23-9-7-20/h2-5,10-11,19H,6-9H2,1H3,(H,17,18). The maximum Gasteiger partial charge on any atom is 0.229 e. The number of hydrogen-bond donors (Lipinski definition) is 2. The van der Waals surface area contributed by atoms with Gasteiger partial charge in [-0.1, -0.05) is 0 Å². The Balaban J connectivity index is 1.69. The minimum absolute atomic E-state index is 0.510. The van der Waals surface area contributed by atoms with Crippen molar-refractivity contribution in [1.82, 2.24) is 10.2 Å². The second-order valence-corrected chi connectivity index (χ2v) is 7.22. The Morgan fingerprint density at radius 3 is 2.46 bits per heavy atom. The second kappa shape index (κ2) is 7.02. The fraction of sp³-hybridized carbons (Fsp3) is 0.333. The van der Waals surface area contributed by atoms with Crippen LogP contribution in [-0.2, 0) is 14.8 Å². The van der Waals surface area contributed by atoms with E-state index in [-0.39, 0.29) is 0 Å². The van der Waals surface area contributed by atoms with Gasteiger partial charge in [0.25, 0.3) is 0 Å². The monoisotopic (exact) mass is 349 g/mol. The molecule has 1 saturated heterocycles. The Kier molecular flexibility index (Phi) is 4.81. The summed E-state index contributed by atoms with van der Waals surface area (Å²) in [5.41, 5.74) is 2.30. The number of rotatable bonds is 5. The predicted molar refractivity (Wildman–Crippen MR) is 93.3 cm³/mol. The van der Waals surface area contributed by atoms with Gasteiger partial charge in [-0.05, 0) is 24.3 Å². The fourth-order valence-electron chi connectivity index (χ4n) is 2.40. The number of benzene rings is 1. The third-order valence-electron chi connectivity index (χ3n) is 3.48. The highest BCUT2D eigenvalue weighted by molar-refractivity contribution is 7.92. The summed E-state index contributed by atoms with van der Waals surface area (Å²) in [7, 11) is -3.28. The van der Waals surface area contributed by atoms with E-state index in [4.69, 9.17) is 4.74 Å². The highest BCUT2D eigenvalue weighted by atomic mass is 32.2. The van der Waals surface area contributed by atoms with E-state index in [9.17, 15) is 8.42 Å². The lowest BCUT2D eigenvalue weighted by atomic mass is 10.3. The van der Waals surface area contributed by atoms with Gasteiger partial charge in [0, 0.05) is 30.5 Å². The van der Waals surface area contributed by atoms with Crippen molar-refractivity contribution >= 4 is 32.9 Å². The zero-order valence-corrected chi connectivity index (χ0v) is 14.1. The van der Waals surface area contributed by atoms with E-state index in [1.54, 1.807) is 30.5 Å². The lowest BCUT2D eigenvalue weighted by Gasteiger charge is -2.28. The molecule has 0 atom stereocenters. The molecule has 9 heteroatoms. The smallest absolute Gasteiger partial charge is 0.229 e. The highest BCUT2D eigenvalue weighted by Crippen LogP contribution is 2.21. The molecule has 0 aliphatic carbocycles. The molecule has 0 radical (unpaired) electrons. The molecule has 0 bridgehead atoms. The molecule has 2 heterocycles. The zero-order chi connectivity index (χ0) is 17.0. The van der Waals surface area contributed by atoms with Gasteiger partial charge >= 0.3 is 0 Å². The van der Waals surface area contributed by atoms with Crippen LogP contribution < -0.4 is 14.9 Å². The largest absolute Gasteiger partial charge is 0.378 e. The molecule has 3 rings (SSSR count). The van der Waals surface area contributed by atoms with E-state index in [0.29, 0.717) is 24.7 Å². The normalized spacial score (nSPS) is 15.1. The molecule has 8 nitrogen and oxygen atoms in total. The Morgan fingerprint density at radius 2 is 1.79 bits per heavy atom. The van der Waals surface area contributed by atoms with Crippen molar-refractivity contribution in [2.75, 3.05) is 47.5 Å². The van der Waals surface area contributed by atoms with E-state index < -0.39 is 10.0 Å². The third kappa shape index (κ3) is 4.56. The van der Waals surface area contributed by atoms with Gasteiger partial charge < -0.3 is 15.0 Å². The summed E-state index contributed by atoms with van der Waals surface area (Å²) in [5, 5.41) is 11.3. The SMILES string of the molecule is CS(=O)(=O)Nc1ccc(Nc2cc(N3CCOCC3)cnn2)cc1. The Morgan fingerprint density at radius 1 is 1.12 bits per heavy atom. The van der Waals surface area contributed by atoms with E-state index in [1.165, 1.54) is 0 Å². The summed E-state index contributed by atoms with van der Waals surface area (Å²) in [6.45, 7) is 3.08. The average molecular weight is 349 g/mol. The fourth-order valence-corrected chi connectivity index (χ4v) is 2.96. The van der Waals surface area contributed by atoms with Gasteiger partial charge in [0.2, 0.25) is 10.0 Å². The van der Waals surface area contributed by atoms with Crippen LogP contribution in [0, 0.1) is 0 Å². The van der Waals surface area contributed by atoms with Crippen molar-refractivity contribution in [1.29, 1.82) is 0 Å². The van der Waals surface area contributed by atoms with Gasteiger partial charge in [0.1, 0.15) is 0 Å². The van der Waals surface area contributed by atoms with Crippen LogP contribution in [0.3, 0.4) is 0 Å². The van der Waals surface area contributed by atoms with Crippen LogP contribution in [0.4, 0.5) is 22.9 Å². The van der Waals surface area contributed by atoms with Crippen LogP contribution in [0.15, 0.2) is 36.5 Å². The predicted octanol–water partition coefficient (Wildman–Crippen LogP) is 1.43. The number of sulfonamides is 1. The summed E-state index contributed by atoms with van der Waals surface area (Å²) < 4.78 is 30.2. The zero-order valence-electron chi connectivity index (χ0n) is 13.3. The molecule has 128 valence electrons. The number of aromatic nitrogens is 2. The number of hydrogen-bond acceptors (Lipinski definition) is 7. The molecule has 2 aromatic rings. The Hall–Kier alpha value is -2.39. The number of morpholine rings is 1. The van der Waals surface area contributed by atoms with Crippen LogP contribution >= 0.6 is 0 Å². The molecule has 0 spiro atoms. The van der Waals surface area contributed by atoms with Crippen LogP contribution in [0.2, 0.25) is 0 Å². The van der Waals surface area contributed by atoms with Gasteiger partial charge in [0.05, 0.1) is 31.4 Å². The molecule has 1 aliphatic heterocycles. The van der Waals surface area contributed by atoms with E-state index >= 15 is 0 Å². The number of ether oxygens (including phenoxy) is 1. The van der Waals surface area contributed by atoms with Crippen molar-refractivity contribution in [3.05, 3.63) is 36.5 Å². The van der Waals surface area contributed by atoms with Crippen molar-refractivity contribution in [2.24, 2.45) is 0 Å². The molecule has 2 N–H and O–H groups in total. The number of nitrogens with one attached hydrogen (secondary N) is 2. The number of anilines is 4. The molecule has 0 saturated carbocycles. The van der Waals surface area contributed by atoms with Crippen LogP contribution in [-0.4, -0.2) is 51.2 Å². The first-order valence-corrected chi connectivity index (χ1v) is 9.39. The molecule has 1 fully saturated rings. The number of nitrogens with zero attached hydrogens (tertiary/aromatic N) is 3. The van der Waals surface area contributed by atoms with Crippen molar-refractivity contribution in [3.63, 3.8) is 0 Å². The maximum absolute atomic E-state index is 11.2. The maximum atomic E-state index is 11.2.